The Morgan fingerprint density at radius 3 is 3.04 bits per heavy atom. The van der Waals surface area contributed by atoms with Crippen LogP contribution in [0.25, 0.3) is 0 Å². The Balaban J connectivity index is 1.64. The predicted octanol–water partition coefficient (Wildman–Crippen LogP) is 1.62. The summed E-state index contributed by atoms with van der Waals surface area (Å²) >= 11 is 0. The van der Waals surface area contributed by atoms with Crippen LogP contribution in [-0.2, 0) is 4.79 Å². The van der Waals surface area contributed by atoms with Gasteiger partial charge < -0.3 is 15.1 Å². The van der Waals surface area contributed by atoms with E-state index in [9.17, 15) is 9.18 Å². The molecular weight excluding hydrogens is 295 g/mol. The molecule has 1 saturated heterocycles. The van der Waals surface area contributed by atoms with Crippen molar-refractivity contribution in [2.24, 2.45) is 0 Å². The molecule has 3 rings (SSSR count). The SMILES string of the molecule is CN1CCC(NCC(=O)N2CC(F)C[C@H]2C#N)c2ccccc21. The van der Waals surface area contributed by atoms with Crippen LogP contribution >= 0.6 is 0 Å². The number of carbonyl (C=O) groups is 1. The standard InChI is InChI=1S/C17H21FN4O/c1-21-7-6-15(14-4-2-3-5-16(14)21)20-10-17(23)22-11-12(18)8-13(22)9-19/h2-5,12-13,15,20H,6-8,10-11H2,1H3/t12?,13-,15?/m0/s1. The number of nitrogens with one attached hydrogen (secondary N) is 1. The van der Waals surface area contributed by atoms with Crippen molar-refractivity contribution < 1.29 is 9.18 Å². The van der Waals surface area contributed by atoms with E-state index in [-0.39, 0.29) is 31.5 Å². The molecule has 2 aliphatic rings. The molecular formula is C17H21FN4O. The molecule has 2 aliphatic heterocycles. The van der Waals surface area contributed by atoms with Crippen LogP contribution in [0.4, 0.5) is 10.1 Å². The maximum absolute atomic E-state index is 13.4. The van der Waals surface area contributed by atoms with Crippen LogP contribution in [0.2, 0.25) is 0 Å². The maximum Gasteiger partial charge on any atom is 0.237 e. The number of fused-ring (bicyclic) bond motifs is 1. The third kappa shape index (κ3) is 3.15. The minimum atomic E-state index is -1.09. The first-order chi connectivity index (χ1) is 11.1. The summed E-state index contributed by atoms with van der Waals surface area (Å²) in [6, 6.07) is 9.63. The number of carbonyl (C=O) groups excluding carboxylic acids is 1. The first-order valence-corrected chi connectivity index (χ1v) is 7.96. The van der Waals surface area contributed by atoms with Crippen molar-refractivity contribution in [3.63, 3.8) is 0 Å². The van der Waals surface area contributed by atoms with Gasteiger partial charge in [-0.1, -0.05) is 18.2 Å². The number of amides is 1. The van der Waals surface area contributed by atoms with Crippen molar-refractivity contribution in [3.05, 3.63) is 29.8 Å². The molecule has 1 N–H and O–H groups in total. The van der Waals surface area contributed by atoms with E-state index in [4.69, 9.17) is 5.26 Å². The molecule has 2 heterocycles. The Kier molecular flexibility index (Phi) is 4.49. The van der Waals surface area contributed by atoms with Crippen LogP contribution in [0.5, 0.6) is 0 Å². The largest absolute Gasteiger partial charge is 0.374 e. The molecule has 2 unspecified atom stereocenters. The molecule has 0 saturated carbocycles. The fourth-order valence-corrected chi connectivity index (χ4v) is 3.44. The summed E-state index contributed by atoms with van der Waals surface area (Å²) in [7, 11) is 2.06. The molecule has 0 bridgehead atoms. The van der Waals surface area contributed by atoms with E-state index in [1.54, 1.807) is 0 Å². The van der Waals surface area contributed by atoms with Crippen molar-refractivity contribution in [1.82, 2.24) is 10.2 Å². The summed E-state index contributed by atoms with van der Waals surface area (Å²) in [5, 5.41) is 12.3. The smallest absolute Gasteiger partial charge is 0.237 e. The molecule has 1 amide bonds. The summed E-state index contributed by atoms with van der Waals surface area (Å²) in [6.07, 6.45) is -0.0549. The molecule has 23 heavy (non-hydrogen) atoms. The minimum Gasteiger partial charge on any atom is -0.374 e. The Bertz CT molecular complexity index is 629. The Hall–Kier alpha value is -2.13. The van der Waals surface area contributed by atoms with Crippen molar-refractivity contribution in [1.29, 1.82) is 5.26 Å². The van der Waals surface area contributed by atoms with Crippen LogP contribution in [-0.4, -0.2) is 49.7 Å². The molecule has 1 aromatic rings. The monoisotopic (exact) mass is 316 g/mol. The fraction of sp³-hybridized carbons (Fsp3) is 0.529. The number of nitriles is 1. The third-order valence-electron chi connectivity index (χ3n) is 4.70. The molecule has 5 nitrogen and oxygen atoms in total. The van der Waals surface area contributed by atoms with Crippen molar-refractivity contribution in [2.45, 2.75) is 31.1 Å². The third-order valence-corrected chi connectivity index (χ3v) is 4.70. The number of para-hydroxylation sites is 1. The van der Waals surface area contributed by atoms with E-state index in [0.29, 0.717) is 0 Å². The second-order valence-electron chi connectivity index (χ2n) is 6.23. The van der Waals surface area contributed by atoms with E-state index >= 15 is 0 Å². The zero-order valence-electron chi connectivity index (χ0n) is 13.2. The number of nitrogens with zero attached hydrogens (tertiary/aromatic N) is 3. The van der Waals surface area contributed by atoms with E-state index in [0.717, 1.165) is 13.0 Å². The van der Waals surface area contributed by atoms with Gasteiger partial charge in [-0.2, -0.15) is 5.26 Å². The van der Waals surface area contributed by atoms with Crippen LogP contribution in [0, 0.1) is 11.3 Å². The van der Waals surface area contributed by atoms with Gasteiger partial charge in [0.05, 0.1) is 19.2 Å². The molecule has 0 radical (unpaired) electrons. The number of likely N-dealkylation sites (tertiary alicyclic amines) is 1. The quantitative estimate of drug-likeness (QED) is 0.920. The fourth-order valence-electron chi connectivity index (χ4n) is 3.44. The highest BCUT2D eigenvalue weighted by Crippen LogP contribution is 2.32. The van der Waals surface area contributed by atoms with E-state index in [1.807, 2.05) is 18.2 Å². The first-order valence-electron chi connectivity index (χ1n) is 7.96. The maximum atomic E-state index is 13.4. The molecule has 0 spiro atoms. The number of rotatable bonds is 3. The molecule has 1 aromatic carbocycles. The lowest BCUT2D eigenvalue weighted by atomic mass is 9.97. The molecule has 1 fully saturated rings. The lowest BCUT2D eigenvalue weighted by Gasteiger charge is -2.34. The summed E-state index contributed by atoms with van der Waals surface area (Å²) < 4.78 is 13.4. The van der Waals surface area contributed by atoms with Gasteiger partial charge in [0.15, 0.2) is 0 Å². The van der Waals surface area contributed by atoms with Gasteiger partial charge >= 0.3 is 0 Å². The average molecular weight is 316 g/mol. The summed E-state index contributed by atoms with van der Waals surface area (Å²) in [5.74, 6) is -0.201. The summed E-state index contributed by atoms with van der Waals surface area (Å²) in [6.45, 7) is 1.08. The predicted molar refractivity (Wildman–Crippen MR) is 85.7 cm³/mol. The van der Waals surface area contributed by atoms with Crippen molar-refractivity contribution in [3.8, 4) is 6.07 Å². The lowest BCUT2D eigenvalue weighted by molar-refractivity contribution is -0.130. The highest BCUT2D eigenvalue weighted by Gasteiger charge is 2.35. The second kappa shape index (κ2) is 6.55. The summed E-state index contributed by atoms with van der Waals surface area (Å²) in [4.78, 5) is 15.9. The Morgan fingerprint density at radius 2 is 2.26 bits per heavy atom. The van der Waals surface area contributed by atoms with Crippen LogP contribution < -0.4 is 10.2 Å². The van der Waals surface area contributed by atoms with E-state index < -0.39 is 12.2 Å². The van der Waals surface area contributed by atoms with Crippen LogP contribution in [0.15, 0.2) is 24.3 Å². The summed E-state index contributed by atoms with van der Waals surface area (Å²) in [5.41, 5.74) is 2.35. The van der Waals surface area contributed by atoms with Gasteiger partial charge in [0, 0.05) is 31.7 Å². The van der Waals surface area contributed by atoms with Crippen molar-refractivity contribution >= 4 is 11.6 Å². The van der Waals surface area contributed by atoms with Gasteiger partial charge in [-0.15, -0.1) is 0 Å². The van der Waals surface area contributed by atoms with Gasteiger partial charge in [-0.3, -0.25) is 4.79 Å². The van der Waals surface area contributed by atoms with E-state index in [1.165, 1.54) is 16.2 Å². The van der Waals surface area contributed by atoms with Gasteiger partial charge in [-0.05, 0) is 18.1 Å². The minimum absolute atomic E-state index is 0.0305. The number of anilines is 1. The number of hydrogen-bond donors (Lipinski definition) is 1. The number of halogens is 1. The molecule has 0 aliphatic carbocycles. The second-order valence-corrected chi connectivity index (χ2v) is 6.23. The van der Waals surface area contributed by atoms with Gasteiger partial charge in [0.2, 0.25) is 5.91 Å². The van der Waals surface area contributed by atoms with Gasteiger partial charge in [-0.25, -0.2) is 4.39 Å². The molecule has 0 aromatic heterocycles. The average Bonchev–Trinajstić information content (AvgIpc) is 2.95. The molecule has 3 atom stereocenters. The van der Waals surface area contributed by atoms with Crippen LogP contribution in [0.3, 0.4) is 0 Å². The Morgan fingerprint density at radius 1 is 1.48 bits per heavy atom. The Labute approximate surface area is 135 Å². The van der Waals surface area contributed by atoms with Gasteiger partial charge in [0.25, 0.3) is 0 Å². The number of hydrogen-bond acceptors (Lipinski definition) is 4. The zero-order chi connectivity index (χ0) is 16.4. The van der Waals surface area contributed by atoms with Gasteiger partial charge in [0.1, 0.15) is 12.2 Å². The highest BCUT2D eigenvalue weighted by molar-refractivity contribution is 5.79. The first kappa shape index (κ1) is 15.8. The lowest BCUT2D eigenvalue weighted by Crippen LogP contribution is -2.43. The topological polar surface area (TPSA) is 59.4 Å². The normalized spacial score (nSPS) is 26.7. The number of benzene rings is 1. The van der Waals surface area contributed by atoms with E-state index in [2.05, 4.69) is 29.4 Å². The zero-order valence-corrected chi connectivity index (χ0v) is 13.2. The molecule has 6 heteroatoms. The van der Waals surface area contributed by atoms with Crippen LogP contribution in [0.1, 0.15) is 24.4 Å². The van der Waals surface area contributed by atoms with Crippen molar-refractivity contribution in [2.75, 3.05) is 31.6 Å². The highest BCUT2D eigenvalue weighted by atomic mass is 19.1. The number of alkyl halides is 1. The molecule has 122 valence electrons.